The first-order valence-corrected chi connectivity index (χ1v) is 10.5. The van der Waals surface area contributed by atoms with E-state index in [1.165, 1.54) is 0 Å². The Hall–Kier alpha value is -1.69. The van der Waals surface area contributed by atoms with E-state index in [0.29, 0.717) is 12.5 Å². The van der Waals surface area contributed by atoms with Crippen LogP contribution < -0.4 is 0 Å². The second-order valence-electron chi connectivity index (χ2n) is 7.51. The summed E-state index contributed by atoms with van der Waals surface area (Å²) in [5.41, 5.74) is 2.06. The van der Waals surface area contributed by atoms with E-state index in [1.807, 2.05) is 42.5 Å². The number of esters is 1. The Kier molecular flexibility index (Phi) is 7.65. The molecule has 4 nitrogen and oxygen atoms in total. The van der Waals surface area contributed by atoms with Crippen LogP contribution in [-0.2, 0) is 20.9 Å². The summed E-state index contributed by atoms with van der Waals surface area (Å²) >= 11 is 3.47. The quantitative estimate of drug-likeness (QED) is 0.633. The Morgan fingerprint density at radius 1 is 1.11 bits per heavy atom. The number of methoxy groups -OCH3 is 1. The van der Waals surface area contributed by atoms with Gasteiger partial charge in [0.1, 0.15) is 6.61 Å². The van der Waals surface area contributed by atoms with Gasteiger partial charge in [-0.2, -0.15) is 0 Å². The fourth-order valence-electron chi connectivity index (χ4n) is 4.30. The van der Waals surface area contributed by atoms with Gasteiger partial charge >= 0.3 is 5.97 Å². The lowest BCUT2D eigenvalue weighted by molar-refractivity contribution is -0.156. The molecule has 0 unspecified atom stereocenters. The topological polar surface area (TPSA) is 55.8 Å². The van der Waals surface area contributed by atoms with Crippen molar-refractivity contribution >= 4 is 21.9 Å². The third-order valence-electron chi connectivity index (χ3n) is 5.60. The van der Waals surface area contributed by atoms with E-state index in [0.717, 1.165) is 28.4 Å². The first-order valence-electron chi connectivity index (χ1n) is 9.68. The van der Waals surface area contributed by atoms with Crippen molar-refractivity contribution in [3.05, 3.63) is 70.2 Å². The summed E-state index contributed by atoms with van der Waals surface area (Å²) in [6.07, 6.45) is 1.61. The van der Waals surface area contributed by atoms with E-state index < -0.39 is 0 Å². The Balaban J connectivity index is 1.82. The van der Waals surface area contributed by atoms with E-state index in [2.05, 4.69) is 28.1 Å². The van der Waals surface area contributed by atoms with Crippen molar-refractivity contribution in [2.45, 2.75) is 25.4 Å². The van der Waals surface area contributed by atoms with Gasteiger partial charge in [-0.3, -0.25) is 4.79 Å². The maximum absolute atomic E-state index is 13.1. The highest BCUT2D eigenvalue weighted by Gasteiger charge is 2.43. The number of hydrogen-bond acceptors (Lipinski definition) is 4. The normalized spacial score (nSPS) is 24.7. The van der Waals surface area contributed by atoms with E-state index in [-0.39, 0.29) is 36.9 Å². The van der Waals surface area contributed by atoms with Gasteiger partial charge in [0.15, 0.2) is 0 Å². The largest absolute Gasteiger partial charge is 0.461 e. The summed E-state index contributed by atoms with van der Waals surface area (Å²) in [6, 6.07) is 17.8. The smallest absolute Gasteiger partial charge is 0.310 e. The molecule has 3 rings (SSSR count). The van der Waals surface area contributed by atoms with Crippen molar-refractivity contribution in [1.82, 2.24) is 0 Å². The summed E-state index contributed by atoms with van der Waals surface area (Å²) in [5.74, 6) is -0.406. The van der Waals surface area contributed by atoms with Gasteiger partial charge < -0.3 is 14.6 Å². The Labute approximate surface area is 175 Å². The van der Waals surface area contributed by atoms with Gasteiger partial charge in [0.25, 0.3) is 0 Å². The number of rotatable bonds is 7. The van der Waals surface area contributed by atoms with Crippen molar-refractivity contribution in [2.24, 2.45) is 17.8 Å². The standard InChI is InChI=1S/C23H27BrO4/c1-27-14-17-11-19(13-25)22(21(12-17)18-7-9-20(24)10-8-18)23(26)28-15-16-5-3-2-4-6-16/h2-10,17,19,21-22,25H,11-15H2,1H3/t17-,19-,21+,22-/m0/s1. The molecule has 4 atom stereocenters. The number of aliphatic hydroxyl groups excluding tert-OH is 1. The minimum Gasteiger partial charge on any atom is -0.461 e. The number of hydrogen-bond donors (Lipinski definition) is 1. The van der Waals surface area contributed by atoms with Crippen LogP contribution >= 0.6 is 15.9 Å². The molecule has 0 bridgehead atoms. The lowest BCUT2D eigenvalue weighted by Crippen LogP contribution is -2.40. The minimum absolute atomic E-state index is 0.00224. The second kappa shape index (κ2) is 10.2. The number of carbonyl (C=O) groups excluding carboxylic acids is 1. The molecule has 1 N–H and O–H groups in total. The highest BCUT2D eigenvalue weighted by atomic mass is 79.9. The van der Waals surface area contributed by atoms with Crippen molar-refractivity contribution in [3.63, 3.8) is 0 Å². The van der Waals surface area contributed by atoms with Gasteiger partial charge in [0, 0.05) is 24.8 Å². The molecular formula is C23H27BrO4. The molecule has 0 radical (unpaired) electrons. The molecule has 28 heavy (non-hydrogen) atoms. The lowest BCUT2D eigenvalue weighted by atomic mass is 9.66. The van der Waals surface area contributed by atoms with Crippen LogP contribution in [0.15, 0.2) is 59.1 Å². The molecule has 0 aromatic heterocycles. The minimum atomic E-state index is -0.358. The molecule has 5 heteroatoms. The van der Waals surface area contributed by atoms with Crippen molar-refractivity contribution < 1.29 is 19.4 Å². The SMILES string of the molecule is COC[C@H]1C[C@@H](CO)[C@H](C(=O)OCc2ccccc2)[C@@H](c2ccc(Br)cc2)C1. The molecule has 0 aliphatic heterocycles. The van der Waals surface area contributed by atoms with Crippen LogP contribution in [-0.4, -0.2) is 31.4 Å². The predicted molar refractivity (Wildman–Crippen MR) is 112 cm³/mol. The van der Waals surface area contributed by atoms with Crippen LogP contribution in [0.1, 0.15) is 29.9 Å². The first-order chi connectivity index (χ1) is 13.6. The highest BCUT2D eigenvalue weighted by Crippen LogP contribution is 2.45. The molecule has 0 amide bonds. The number of aliphatic hydroxyl groups is 1. The third kappa shape index (κ3) is 5.22. The highest BCUT2D eigenvalue weighted by molar-refractivity contribution is 9.10. The fraction of sp³-hybridized carbons (Fsp3) is 0.435. The molecular weight excluding hydrogens is 420 g/mol. The van der Waals surface area contributed by atoms with E-state index in [4.69, 9.17) is 9.47 Å². The molecule has 2 aromatic carbocycles. The summed E-state index contributed by atoms with van der Waals surface area (Å²) in [6.45, 7) is 0.858. The predicted octanol–water partition coefficient (Wildman–Crippen LogP) is 4.56. The summed E-state index contributed by atoms with van der Waals surface area (Å²) in [5, 5.41) is 10.0. The van der Waals surface area contributed by atoms with Gasteiger partial charge in [0.2, 0.25) is 0 Å². The number of benzene rings is 2. The molecule has 1 fully saturated rings. The first kappa shape index (κ1) is 21.0. The summed E-state index contributed by atoms with van der Waals surface area (Å²) < 4.78 is 12.1. The van der Waals surface area contributed by atoms with Crippen LogP contribution in [0.2, 0.25) is 0 Å². The van der Waals surface area contributed by atoms with Crippen LogP contribution in [0.25, 0.3) is 0 Å². The second-order valence-corrected chi connectivity index (χ2v) is 8.43. The lowest BCUT2D eigenvalue weighted by Gasteiger charge is -2.40. The van der Waals surface area contributed by atoms with Crippen molar-refractivity contribution in [2.75, 3.05) is 20.3 Å². The van der Waals surface area contributed by atoms with E-state index >= 15 is 0 Å². The van der Waals surface area contributed by atoms with Crippen molar-refractivity contribution in [3.8, 4) is 0 Å². The van der Waals surface area contributed by atoms with Gasteiger partial charge in [-0.15, -0.1) is 0 Å². The average molecular weight is 447 g/mol. The monoisotopic (exact) mass is 446 g/mol. The fourth-order valence-corrected chi connectivity index (χ4v) is 4.56. The Morgan fingerprint density at radius 3 is 2.46 bits per heavy atom. The molecule has 150 valence electrons. The van der Waals surface area contributed by atoms with Crippen molar-refractivity contribution in [1.29, 1.82) is 0 Å². The van der Waals surface area contributed by atoms with Crippen LogP contribution in [0.5, 0.6) is 0 Å². The molecule has 0 spiro atoms. The van der Waals surface area contributed by atoms with Gasteiger partial charge in [-0.1, -0.05) is 58.4 Å². The molecule has 2 aromatic rings. The third-order valence-corrected chi connectivity index (χ3v) is 6.12. The molecule has 1 aliphatic carbocycles. The Morgan fingerprint density at radius 2 is 1.82 bits per heavy atom. The number of carbonyl (C=O) groups is 1. The summed E-state index contributed by atoms with van der Waals surface area (Å²) in [4.78, 5) is 13.1. The zero-order valence-electron chi connectivity index (χ0n) is 16.1. The van der Waals surface area contributed by atoms with Crippen LogP contribution in [0.3, 0.4) is 0 Å². The zero-order valence-corrected chi connectivity index (χ0v) is 17.7. The van der Waals surface area contributed by atoms with Gasteiger partial charge in [0.05, 0.1) is 5.92 Å². The molecule has 1 aliphatic rings. The maximum atomic E-state index is 13.1. The maximum Gasteiger partial charge on any atom is 0.310 e. The van der Waals surface area contributed by atoms with E-state index in [9.17, 15) is 9.90 Å². The molecule has 0 saturated heterocycles. The zero-order chi connectivity index (χ0) is 19.9. The van der Waals surface area contributed by atoms with Crippen LogP contribution in [0.4, 0.5) is 0 Å². The van der Waals surface area contributed by atoms with Crippen LogP contribution in [0, 0.1) is 17.8 Å². The van der Waals surface area contributed by atoms with E-state index in [1.54, 1.807) is 7.11 Å². The number of halogens is 1. The Bertz CT molecular complexity index is 747. The van der Waals surface area contributed by atoms with Gasteiger partial charge in [-0.25, -0.2) is 0 Å². The summed E-state index contributed by atoms with van der Waals surface area (Å²) in [7, 11) is 1.70. The average Bonchev–Trinajstić information content (AvgIpc) is 2.73. The number of ether oxygens (including phenoxy) is 2. The van der Waals surface area contributed by atoms with Gasteiger partial charge in [-0.05, 0) is 53.9 Å². The molecule has 0 heterocycles. The molecule has 1 saturated carbocycles.